The standard InChI is InChI=1S/C8H13N3O2.C3H8.C2H6/c1-11-4-2-8(3-5-11)6(12)9-7(13)10-8;1-3-2;1-2/h2-5H2,1H3,(H2,9,10,12,13);3H2,1-2H3;1-2H3. The van der Waals surface area contributed by atoms with Crippen LogP contribution in [-0.4, -0.2) is 42.5 Å². The van der Waals surface area contributed by atoms with Gasteiger partial charge in [-0.15, -0.1) is 0 Å². The van der Waals surface area contributed by atoms with Crippen molar-refractivity contribution in [1.29, 1.82) is 0 Å². The quantitative estimate of drug-likeness (QED) is 0.650. The van der Waals surface area contributed by atoms with Gasteiger partial charge in [-0.3, -0.25) is 10.1 Å². The predicted octanol–water partition coefficient (Wildman–Crippen LogP) is 1.73. The van der Waals surface area contributed by atoms with Gasteiger partial charge in [0.1, 0.15) is 5.54 Å². The highest BCUT2D eigenvalue weighted by molar-refractivity contribution is 6.07. The maximum atomic E-state index is 11.5. The summed E-state index contributed by atoms with van der Waals surface area (Å²) >= 11 is 0. The molecule has 0 aromatic carbocycles. The first-order valence-corrected chi connectivity index (χ1v) is 6.86. The normalized spacial score (nSPS) is 21.2. The fraction of sp³-hybridized carbons (Fsp3) is 0.846. The van der Waals surface area contributed by atoms with Gasteiger partial charge >= 0.3 is 6.03 Å². The lowest BCUT2D eigenvalue weighted by Crippen LogP contribution is -2.54. The molecule has 2 aliphatic heterocycles. The van der Waals surface area contributed by atoms with Crippen LogP contribution < -0.4 is 10.6 Å². The van der Waals surface area contributed by atoms with Gasteiger partial charge in [0.2, 0.25) is 0 Å². The third-order valence-corrected chi connectivity index (χ3v) is 2.86. The van der Waals surface area contributed by atoms with Crippen LogP contribution in [0.5, 0.6) is 0 Å². The van der Waals surface area contributed by atoms with Crippen molar-refractivity contribution in [3.05, 3.63) is 0 Å². The molecular weight excluding hydrogens is 230 g/mol. The summed E-state index contributed by atoms with van der Waals surface area (Å²) in [7, 11) is 2.02. The fourth-order valence-electron chi connectivity index (χ4n) is 1.88. The maximum Gasteiger partial charge on any atom is 0.322 e. The number of imide groups is 1. The molecule has 5 nitrogen and oxygen atoms in total. The monoisotopic (exact) mass is 257 g/mol. The first-order valence-electron chi connectivity index (χ1n) is 6.86. The summed E-state index contributed by atoms with van der Waals surface area (Å²) in [6, 6.07) is -0.352. The van der Waals surface area contributed by atoms with Gasteiger partial charge < -0.3 is 10.2 Å². The zero-order valence-electron chi connectivity index (χ0n) is 12.3. The van der Waals surface area contributed by atoms with Crippen molar-refractivity contribution in [3.63, 3.8) is 0 Å². The van der Waals surface area contributed by atoms with E-state index in [1.54, 1.807) is 0 Å². The zero-order chi connectivity index (χ0) is 14.2. The summed E-state index contributed by atoms with van der Waals surface area (Å²) < 4.78 is 0. The molecule has 2 aliphatic rings. The molecule has 0 atom stereocenters. The minimum Gasteiger partial charge on any atom is -0.323 e. The Kier molecular flexibility index (Phi) is 7.59. The van der Waals surface area contributed by atoms with Gasteiger partial charge in [0, 0.05) is 13.1 Å². The van der Waals surface area contributed by atoms with E-state index >= 15 is 0 Å². The Morgan fingerprint density at radius 1 is 1.17 bits per heavy atom. The number of amides is 3. The Labute approximate surface area is 110 Å². The van der Waals surface area contributed by atoms with Crippen molar-refractivity contribution in [1.82, 2.24) is 15.5 Å². The summed E-state index contributed by atoms with van der Waals surface area (Å²) in [5, 5.41) is 5.00. The van der Waals surface area contributed by atoms with E-state index < -0.39 is 5.54 Å². The Balaban J connectivity index is 0.000000509. The van der Waals surface area contributed by atoms with Crippen LogP contribution in [-0.2, 0) is 4.79 Å². The van der Waals surface area contributed by atoms with Crippen molar-refractivity contribution >= 4 is 11.9 Å². The van der Waals surface area contributed by atoms with Gasteiger partial charge in [-0.05, 0) is 19.9 Å². The third kappa shape index (κ3) is 4.29. The molecule has 0 aromatic rings. The zero-order valence-corrected chi connectivity index (χ0v) is 12.3. The molecule has 106 valence electrons. The average molecular weight is 257 g/mol. The number of nitrogens with zero attached hydrogens (tertiary/aromatic N) is 1. The SMILES string of the molecule is CC.CCC.CN1CCC2(CC1)NC(=O)NC2=O. The molecule has 0 saturated carbocycles. The number of carbonyl (C=O) groups is 2. The van der Waals surface area contributed by atoms with Crippen LogP contribution >= 0.6 is 0 Å². The topological polar surface area (TPSA) is 61.4 Å². The van der Waals surface area contributed by atoms with Gasteiger partial charge in [0.15, 0.2) is 0 Å². The van der Waals surface area contributed by atoms with E-state index in [2.05, 4.69) is 29.4 Å². The molecule has 2 rings (SSSR count). The second-order valence-electron chi connectivity index (χ2n) is 4.50. The molecule has 2 N–H and O–H groups in total. The molecule has 1 spiro atoms. The Bertz CT molecular complexity index is 271. The van der Waals surface area contributed by atoms with Crippen molar-refractivity contribution < 1.29 is 9.59 Å². The lowest BCUT2D eigenvalue weighted by Gasteiger charge is -2.34. The Morgan fingerprint density at radius 3 is 1.94 bits per heavy atom. The number of rotatable bonds is 0. The molecule has 2 fully saturated rings. The molecule has 18 heavy (non-hydrogen) atoms. The molecule has 5 heteroatoms. The minimum atomic E-state index is -0.608. The van der Waals surface area contributed by atoms with Crippen LogP contribution in [0.4, 0.5) is 4.79 Å². The maximum absolute atomic E-state index is 11.5. The van der Waals surface area contributed by atoms with Gasteiger partial charge in [-0.25, -0.2) is 4.79 Å². The summed E-state index contributed by atoms with van der Waals surface area (Å²) in [5.41, 5.74) is -0.608. The van der Waals surface area contributed by atoms with Crippen molar-refractivity contribution in [2.75, 3.05) is 20.1 Å². The van der Waals surface area contributed by atoms with Crippen LogP contribution in [0.1, 0.15) is 47.0 Å². The molecule has 0 radical (unpaired) electrons. The third-order valence-electron chi connectivity index (χ3n) is 2.86. The van der Waals surface area contributed by atoms with E-state index in [4.69, 9.17) is 0 Å². The van der Waals surface area contributed by atoms with Crippen molar-refractivity contribution in [2.24, 2.45) is 0 Å². The number of urea groups is 1. The number of likely N-dealkylation sites (tertiary alicyclic amines) is 1. The van der Waals surface area contributed by atoms with E-state index in [-0.39, 0.29) is 11.9 Å². The van der Waals surface area contributed by atoms with Crippen LogP contribution in [0.15, 0.2) is 0 Å². The smallest absolute Gasteiger partial charge is 0.322 e. The number of hydrogen-bond acceptors (Lipinski definition) is 3. The predicted molar refractivity (Wildman–Crippen MR) is 73.4 cm³/mol. The minimum absolute atomic E-state index is 0.161. The highest BCUT2D eigenvalue weighted by Crippen LogP contribution is 2.24. The van der Waals surface area contributed by atoms with Crippen molar-refractivity contribution in [2.45, 2.75) is 52.5 Å². The first-order chi connectivity index (χ1) is 8.54. The van der Waals surface area contributed by atoms with E-state index in [1.165, 1.54) is 6.42 Å². The molecule has 0 bridgehead atoms. The van der Waals surface area contributed by atoms with Gasteiger partial charge in [-0.1, -0.05) is 34.1 Å². The fourth-order valence-corrected chi connectivity index (χ4v) is 1.88. The first kappa shape index (κ1) is 16.9. The van der Waals surface area contributed by atoms with Crippen LogP contribution in [0.25, 0.3) is 0 Å². The van der Waals surface area contributed by atoms with Crippen molar-refractivity contribution in [3.8, 4) is 0 Å². The largest absolute Gasteiger partial charge is 0.323 e. The number of piperidine rings is 1. The molecule has 0 aromatic heterocycles. The van der Waals surface area contributed by atoms with E-state index in [1.807, 2.05) is 20.9 Å². The van der Waals surface area contributed by atoms with Gasteiger partial charge in [0.05, 0.1) is 0 Å². The van der Waals surface area contributed by atoms with Gasteiger partial charge in [0.25, 0.3) is 5.91 Å². The highest BCUT2D eigenvalue weighted by Gasteiger charge is 2.47. The summed E-state index contributed by atoms with van der Waals surface area (Å²) in [6.07, 6.45) is 2.67. The van der Waals surface area contributed by atoms with Gasteiger partial charge in [-0.2, -0.15) is 0 Å². The number of hydrogen-bond donors (Lipinski definition) is 2. The second-order valence-corrected chi connectivity index (χ2v) is 4.50. The van der Waals surface area contributed by atoms with E-state index in [0.717, 1.165) is 13.1 Å². The number of carbonyl (C=O) groups excluding carboxylic acids is 2. The van der Waals surface area contributed by atoms with E-state index in [0.29, 0.717) is 12.8 Å². The highest BCUT2D eigenvalue weighted by atomic mass is 16.2. The summed E-state index contributed by atoms with van der Waals surface area (Å²) in [5.74, 6) is -0.161. The summed E-state index contributed by atoms with van der Waals surface area (Å²) in [6.45, 7) is 9.96. The van der Waals surface area contributed by atoms with Crippen LogP contribution in [0.3, 0.4) is 0 Å². The number of nitrogens with one attached hydrogen (secondary N) is 2. The average Bonchev–Trinajstić information content (AvgIpc) is 2.62. The lowest BCUT2D eigenvalue weighted by molar-refractivity contribution is -0.125. The second kappa shape index (κ2) is 8.08. The van der Waals surface area contributed by atoms with Crippen LogP contribution in [0.2, 0.25) is 0 Å². The molecular formula is C13H27N3O2. The lowest BCUT2D eigenvalue weighted by atomic mass is 9.88. The van der Waals surface area contributed by atoms with E-state index in [9.17, 15) is 9.59 Å². The Hall–Kier alpha value is -1.10. The molecule has 0 aliphatic carbocycles. The molecule has 2 saturated heterocycles. The Morgan fingerprint density at radius 2 is 1.61 bits per heavy atom. The van der Waals surface area contributed by atoms with Crippen LogP contribution in [0, 0.1) is 0 Å². The summed E-state index contributed by atoms with van der Waals surface area (Å²) in [4.78, 5) is 24.6. The molecule has 2 heterocycles. The molecule has 0 unspecified atom stereocenters. The molecule has 3 amide bonds.